The van der Waals surface area contributed by atoms with E-state index in [1.165, 1.54) is 57.2 Å². The number of amides is 1. The molecule has 0 bridgehead atoms. The molecule has 0 aromatic rings. The van der Waals surface area contributed by atoms with Gasteiger partial charge in [0, 0.05) is 30.0 Å². The molecule has 0 aromatic heterocycles. The number of unbranched alkanes of at least 4 members (excludes halogenated alkanes) is 3. The lowest BCUT2D eigenvalue weighted by Crippen LogP contribution is -2.34. The summed E-state index contributed by atoms with van der Waals surface area (Å²) in [5.41, 5.74) is 0. The van der Waals surface area contributed by atoms with Gasteiger partial charge in [-0.2, -0.15) is 11.8 Å². The molecule has 1 saturated carbocycles. The molecule has 0 radical (unpaired) electrons. The van der Waals surface area contributed by atoms with Gasteiger partial charge in [0.25, 0.3) is 0 Å². The molecule has 1 aliphatic rings. The van der Waals surface area contributed by atoms with Crippen molar-refractivity contribution in [2.45, 2.75) is 83.3 Å². The summed E-state index contributed by atoms with van der Waals surface area (Å²) in [5.74, 6) is 3.41. The molecule has 0 aromatic carbocycles. The highest BCUT2D eigenvalue weighted by atomic mass is 32.2. The molecule has 1 atom stereocenters. The first-order valence-electron chi connectivity index (χ1n) is 12.1. The third kappa shape index (κ3) is 12.9. The Morgan fingerprint density at radius 3 is 2.28 bits per heavy atom. The summed E-state index contributed by atoms with van der Waals surface area (Å²) in [6.07, 6.45) is 12.2. The van der Waals surface area contributed by atoms with Crippen LogP contribution in [0.3, 0.4) is 0 Å². The third-order valence-electron chi connectivity index (χ3n) is 6.34. The molecule has 172 valence electrons. The van der Waals surface area contributed by atoms with Crippen molar-refractivity contribution in [2.75, 3.05) is 46.5 Å². The van der Waals surface area contributed by atoms with Gasteiger partial charge in [-0.1, -0.05) is 26.7 Å². The highest BCUT2D eigenvalue weighted by Gasteiger charge is 2.26. The maximum absolute atomic E-state index is 12.4. The number of hydrogen-bond donors (Lipinski definition) is 2. The van der Waals surface area contributed by atoms with Crippen LogP contribution in [0.2, 0.25) is 0 Å². The third-order valence-corrected chi connectivity index (χ3v) is 7.97. The molecule has 1 rings (SSSR count). The molecule has 0 heterocycles. The maximum atomic E-state index is 12.4. The zero-order valence-electron chi connectivity index (χ0n) is 20.0. The molecule has 2 N–H and O–H groups in total. The second-order valence-electron chi connectivity index (χ2n) is 9.56. The lowest BCUT2D eigenvalue weighted by Gasteiger charge is -2.29. The smallest absolute Gasteiger partial charge is 0.223 e. The second-order valence-corrected chi connectivity index (χ2v) is 10.9. The van der Waals surface area contributed by atoms with E-state index in [9.17, 15) is 4.79 Å². The minimum Gasteiger partial charge on any atom is -0.356 e. The SMILES string of the molecule is CNCCCCCCNC(=O)C1CCC(CCC(SCCN(C)C)C(C)C)CC1. The van der Waals surface area contributed by atoms with Crippen molar-refractivity contribution in [3.63, 3.8) is 0 Å². The van der Waals surface area contributed by atoms with Gasteiger partial charge >= 0.3 is 0 Å². The largest absolute Gasteiger partial charge is 0.356 e. The van der Waals surface area contributed by atoms with E-state index in [4.69, 9.17) is 0 Å². The number of nitrogens with one attached hydrogen (secondary N) is 2. The molecule has 0 spiro atoms. The molecule has 5 heteroatoms. The van der Waals surface area contributed by atoms with E-state index >= 15 is 0 Å². The Hall–Kier alpha value is -0.260. The van der Waals surface area contributed by atoms with Gasteiger partial charge in [-0.3, -0.25) is 4.79 Å². The Bertz CT molecular complexity index is 409. The molecular weight excluding hydrogens is 378 g/mol. The van der Waals surface area contributed by atoms with Gasteiger partial charge in [0.1, 0.15) is 0 Å². The second kappa shape index (κ2) is 16.4. The normalized spacial score (nSPS) is 20.9. The van der Waals surface area contributed by atoms with Gasteiger partial charge in [-0.15, -0.1) is 0 Å². The summed E-state index contributed by atoms with van der Waals surface area (Å²) in [6.45, 7) is 7.87. The van der Waals surface area contributed by atoms with Crippen LogP contribution in [0.1, 0.15) is 78.1 Å². The summed E-state index contributed by atoms with van der Waals surface area (Å²) >= 11 is 2.16. The van der Waals surface area contributed by atoms with Crippen molar-refractivity contribution in [1.82, 2.24) is 15.5 Å². The molecule has 0 aliphatic heterocycles. The standard InChI is InChI=1S/C24H49N3OS/c1-20(2)23(29-19-18-27(4)5)15-12-21-10-13-22(14-11-21)24(28)26-17-9-7-6-8-16-25-3/h20-23,25H,6-19H2,1-5H3,(H,26,28). The lowest BCUT2D eigenvalue weighted by molar-refractivity contribution is -0.126. The van der Waals surface area contributed by atoms with Crippen LogP contribution in [0.4, 0.5) is 0 Å². The zero-order chi connectivity index (χ0) is 21.5. The molecule has 1 fully saturated rings. The van der Waals surface area contributed by atoms with E-state index in [2.05, 4.69) is 55.2 Å². The van der Waals surface area contributed by atoms with Crippen LogP contribution in [0, 0.1) is 17.8 Å². The van der Waals surface area contributed by atoms with Crippen LogP contribution in [0.15, 0.2) is 0 Å². The van der Waals surface area contributed by atoms with E-state index in [0.29, 0.717) is 5.91 Å². The van der Waals surface area contributed by atoms with Crippen molar-refractivity contribution >= 4 is 17.7 Å². The fourth-order valence-electron chi connectivity index (χ4n) is 4.25. The predicted octanol–water partition coefficient (Wildman–Crippen LogP) is 4.79. The number of carbonyl (C=O) groups excluding carboxylic acids is 1. The van der Waals surface area contributed by atoms with Gasteiger partial charge < -0.3 is 15.5 Å². The molecule has 1 amide bonds. The zero-order valence-corrected chi connectivity index (χ0v) is 20.8. The van der Waals surface area contributed by atoms with Gasteiger partial charge in [-0.25, -0.2) is 0 Å². The number of carbonyl (C=O) groups is 1. The van der Waals surface area contributed by atoms with E-state index in [1.807, 2.05) is 7.05 Å². The predicted molar refractivity (Wildman–Crippen MR) is 130 cm³/mol. The Balaban J connectivity index is 2.15. The highest BCUT2D eigenvalue weighted by molar-refractivity contribution is 7.99. The number of thioether (sulfide) groups is 1. The van der Waals surface area contributed by atoms with Gasteiger partial charge in [-0.05, 0) is 90.9 Å². The van der Waals surface area contributed by atoms with Gasteiger partial charge in [0.05, 0.1) is 0 Å². The lowest BCUT2D eigenvalue weighted by atomic mass is 9.79. The highest BCUT2D eigenvalue weighted by Crippen LogP contribution is 2.34. The number of nitrogens with zero attached hydrogens (tertiary/aromatic N) is 1. The van der Waals surface area contributed by atoms with Crippen molar-refractivity contribution in [2.24, 2.45) is 17.8 Å². The van der Waals surface area contributed by atoms with Crippen LogP contribution >= 0.6 is 11.8 Å². The van der Waals surface area contributed by atoms with Crippen molar-refractivity contribution < 1.29 is 4.79 Å². The van der Waals surface area contributed by atoms with Crippen molar-refractivity contribution in [3.8, 4) is 0 Å². The minimum absolute atomic E-state index is 0.269. The topological polar surface area (TPSA) is 44.4 Å². The molecule has 4 nitrogen and oxygen atoms in total. The maximum Gasteiger partial charge on any atom is 0.223 e. The van der Waals surface area contributed by atoms with Gasteiger partial charge in [0.2, 0.25) is 5.91 Å². The summed E-state index contributed by atoms with van der Waals surface area (Å²) in [7, 11) is 6.32. The van der Waals surface area contributed by atoms with Crippen molar-refractivity contribution in [1.29, 1.82) is 0 Å². The molecule has 1 unspecified atom stereocenters. The molecular formula is C24H49N3OS. The average molecular weight is 428 g/mol. The first kappa shape index (κ1) is 26.8. The summed E-state index contributed by atoms with van der Waals surface area (Å²) in [5, 5.41) is 7.16. The summed E-state index contributed by atoms with van der Waals surface area (Å²) in [6, 6.07) is 0. The minimum atomic E-state index is 0.269. The van der Waals surface area contributed by atoms with Crippen LogP contribution < -0.4 is 10.6 Å². The van der Waals surface area contributed by atoms with Crippen LogP contribution in [-0.4, -0.2) is 62.6 Å². The molecule has 1 aliphatic carbocycles. The fourth-order valence-corrected chi connectivity index (χ4v) is 5.71. The van der Waals surface area contributed by atoms with Crippen LogP contribution in [-0.2, 0) is 4.79 Å². The number of hydrogen-bond acceptors (Lipinski definition) is 4. The average Bonchev–Trinajstić information content (AvgIpc) is 2.69. The first-order valence-corrected chi connectivity index (χ1v) is 13.2. The Morgan fingerprint density at radius 1 is 1.03 bits per heavy atom. The van der Waals surface area contributed by atoms with Gasteiger partial charge in [0.15, 0.2) is 0 Å². The van der Waals surface area contributed by atoms with E-state index in [1.54, 1.807) is 0 Å². The Kier molecular flexibility index (Phi) is 15.2. The van der Waals surface area contributed by atoms with E-state index in [0.717, 1.165) is 49.4 Å². The quantitative estimate of drug-likeness (QED) is 0.348. The van der Waals surface area contributed by atoms with E-state index in [-0.39, 0.29) is 5.92 Å². The molecule has 0 saturated heterocycles. The molecule has 29 heavy (non-hydrogen) atoms. The Labute approximate surface area is 185 Å². The van der Waals surface area contributed by atoms with E-state index < -0.39 is 0 Å². The van der Waals surface area contributed by atoms with Crippen LogP contribution in [0.5, 0.6) is 0 Å². The van der Waals surface area contributed by atoms with Crippen LogP contribution in [0.25, 0.3) is 0 Å². The first-order chi connectivity index (χ1) is 13.9. The Morgan fingerprint density at radius 2 is 1.69 bits per heavy atom. The summed E-state index contributed by atoms with van der Waals surface area (Å²) < 4.78 is 0. The fraction of sp³-hybridized carbons (Fsp3) is 0.958. The monoisotopic (exact) mass is 427 g/mol. The van der Waals surface area contributed by atoms with Crippen molar-refractivity contribution in [3.05, 3.63) is 0 Å². The number of rotatable bonds is 16. The summed E-state index contributed by atoms with van der Waals surface area (Å²) in [4.78, 5) is 14.7.